The smallest absolute Gasteiger partial charge is 0.219 e. The molecule has 5 heteroatoms. The summed E-state index contributed by atoms with van der Waals surface area (Å²) in [5.41, 5.74) is 7.18. The molecule has 2 heterocycles. The summed E-state index contributed by atoms with van der Waals surface area (Å²) in [5, 5.41) is 3.21. The van der Waals surface area contributed by atoms with Gasteiger partial charge in [-0.25, -0.2) is 4.98 Å². The Labute approximate surface area is 75.7 Å². The zero-order chi connectivity index (χ0) is 9.26. The van der Waals surface area contributed by atoms with Crippen molar-refractivity contribution in [2.24, 2.45) is 5.73 Å². The second-order valence-corrected chi connectivity index (χ2v) is 3.19. The molecule has 1 unspecified atom stereocenters. The van der Waals surface area contributed by atoms with Gasteiger partial charge in [-0.05, 0) is 0 Å². The minimum atomic E-state index is -0.298. The summed E-state index contributed by atoms with van der Waals surface area (Å²) in [6.45, 7) is 0.868. The Bertz CT molecular complexity index is 320. The molecule has 4 N–H and O–H groups in total. The van der Waals surface area contributed by atoms with Crippen LogP contribution in [0, 0.1) is 0 Å². The van der Waals surface area contributed by atoms with Crippen LogP contribution in [-0.4, -0.2) is 22.4 Å². The zero-order valence-electron chi connectivity index (χ0n) is 7.21. The summed E-state index contributed by atoms with van der Waals surface area (Å²) in [7, 11) is 0. The topological polar surface area (TPSA) is 83.8 Å². The molecule has 1 aliphatic rings. The second kappa shape index (κ2) is 3.18. The van der Waals surface area contributed by atoms with E-state index >= 15 is 0 Å². The highest BCUT2D eigenvalue weighted by molar-refractivity contribution is 5.74. The summed E-state index contributed by atoms with van der Waals surface area (Å²) in [4.78, 5) is 18.0. The molecule has 1 aromatic heterocycles. The Morgan fingerprint density at radius 1 is 1.77 bits per heavy atom. The highest BCUT2D eigenvalue weighted by atomic mass is 16.1. The molecule has 5 nitrogen and oxygen atoms in total. The third-order valence-electron chi connectivity index (χ3n) is 2.25. The molecule has 1 aromatic rings. The van der Waals surface area contributed by atoms with Crippen molar-refractivity contribution in [1.29, 1.82) is 0 Å². The molecule has 1 aliphatic heterocycles. The summed E-state index contributed by atoms with van der Waals surface area (Å²) < 4.78 is 0. The van der Waals surface area contributed by atoms with Crippen LogP contribution in [0.4, 0.5) is 0 Å². The van der Waals surface area contributed by atoms with Gasteiger partial charge >= 0.3 is 0 Å². The molecule has 1 atom stereocenters. The van der Waals surface area contributed by atoms with Crippen LogP contribution in [0.2, 0.25) is 0 Å². The minimum absolute atomic E-state index is 0.00694. The minimum Gasteiger partial charge on any atom is -0.370 e. The molecule has 0 fully saturated rings. The van der Waals surface area contributed by atoms with E-state index in [0.717, 1.165) is 24.4 Å². The fraction of sp³-hybridized carbons (Fsp3) is 0.500. The number of nitrogens with two attached hydrogens (primary N) is 1. The number of imidazole rings is 1. The number of primary amides is 1. The number of aromatic nitrogens is 2. The van der Waals surface area contributed by atoms with Gasteiger partial charge in [-0.3, -0.25) is 4.79 Å². The van der Waals surface area contributed by atoms with Gasteiger partial charge in [0.1, 0.15) is 0 Å². The lowest BCUT2D eigenvalue weighted by atomic mass is 10.0. The molecule has 0 aliphatic carbocycles. The van der Waals surface area contributed by atoms with Crippen LogP contribution in [0.15, 0.2) is 6.33 Å². The Kier molecular flexibility index (Phi) is 2.02. The molecule has 1 amide bonds. The first-order chi connectivity index (χ1) is 6.27. The van der Waals surface area contributed by atoms with E-state index in [1.807, 2.05) is 0 Å². The fourth-order valence-corrected chi connectivity index (χ4v) is 1.67. The maximum absolute atomic E-state index is 10.7. The summed E-state index contributed by atoms with van der Waals surface area (Å²) in [6.07, 6.45) is 2.91. The normalized spacial score (nSPS) is 21.1. The predicted molar refractivity (Wildman–Crippen MR) is 46.8 cm³/mol. The molecular formula is C8H12N4O. The number of aromatic amines is 1. The van der Waals surface area contributed by atoms with Crippen molar-refractivity contribution in [2.45, 2.75) is 18.9 Å². The van der Waals surface area contributed by atoms with Crippen LogP contribution in [0.5, 0.6) is 0 Å². The van der Waals surface area contributed by atoms with Crippen molar-refractivity contribution in [2.75, 3.05) is 6.54 Å². The van der Waals surface area contributed by atoms with Crippen molar-refractivity contribution >= 4 is 5.91 Å². The number of hydrogen-bond acceptors (Lipinski definition) is 3. The first-order valence-corrected chi connectivity index (χ1v) is 4.31. The SMILES string of the molecule is NC(=O)CC1NCCc2[nH]cnc21. The van der Waals surface area contributed by atoms with Gasteiger partial charge in [0.15, 0.2) is 0 Å². The standard InChI is InChI=1S/C8H12N4O/c9-7(13)3-6-8-5(1-2-10-6)11-4-12-8/h4,6,10H,1-3H2,(H2,9,13)(H,11,12). The zero-order valence-corrected chi connectivity index (χ0v) is 7.21. The quantitative estimate of drug-likeness (QED) is 0.572. The van der Waals surface area contributed by atoms with Gasteiger partial charge in [0, 0.05) is 25.1 Å². The largest absolute Gasteiger partial charge is 0.370 e. The molecule has 13 heavy (non-hydrogen) atoms. The van der Waals surface area contributed by atoms with Crippen LogP contribution in [0.1, 0.15) is 23.9 Å². The average molecular weight is 180 g/mol. The lowest BCUT2D eigenvalue weighted by Crippen LogP contribution is -2.33. The number of carbonyl (C=O) groups is 1. The van der Waals surface area contributed by atoms with E-state index < -0.39 is 0 Å². The molecule has 0 radical (unpaired) electrons. The van der Waals surface area contributed by atoms with Gasteiger partial charge < -0.3 is 16.0 Å². The van der Waals surface area contributed by atoms with Gasteiger partial charge in [-0.1, -0.05) is 0 Å². The van der Waals surface area contributed by atoms with Gasteiger partial charge in [0.25, 0.3) is 0 Å². The third-order valence-corrected chi connectivity index (χ3v) is 2.25. The number of nitrogens with one attached hydrogen (secondary N) is 2. The van der Waals surface area contributed by atoms with Crippen LogP contribution in [0.3, 0.4) is 0 Å². The van der Waals surface area contributed by atoms with Gasteiger partial charge in [-0.2, -0.15) is 0 Å². The lowest BCUT2D eigenvalue weighted by molar-refractivity contribution is -0.118. The Morgan fingerprint density at radius 3 is 3.38 bits per heavy atom. The molecule has 0 saturated heterocycles. The Balaban J connectivity index is 2.20. The number of amides is 1. The Morgan fingerprint density at radius 2 is 2.62 bits per heavy atom. The van der Waals surface area contributed by atoms with Gasteiger partial charge in [-0.15, -0.1) is 0 Å². The van der Waals surface area contributed by atoms with Crippen molar-refractivity contribution in [1.82, 2.24) is 15.3 Å². The number of H-pyrrole nitrogens is 1. The molecule has 70 valence electrons. The average Bonchev–Trinajstić information content (AvgIpc) is 2.51. The number of rotatable bonds is 2. The molecular weight excluding hydrogens is 168 g/mol. The Hall–Kier alpha value is -1.36. The van der Waals surface area contributed by atoms with E-state index in [4.69, 9.17) is 5.73 Å². The van der Waals surface area contributed by atoms with E-state index in [1.54, 1.807) is 6.33 Å². The van der Waals surface area contributed by atoms with Gasteiger partial charge in [0.2, 0.25) is 5.91 Å². The molecule has 0 saturated carbocycles. The molecule has 2 rings (SSSR count). The fourth-order valence-electron chi connectivity index (χ4n) is 1.67. The third kappa shape index (κ3) is 1.55. The summed E-state index contributed by atoms with van der Waals surface area (Å²) in [5.74, 6) is -0.298. The highest BCUT2D eigenvalue weighted by Crippen LogP contribution is 2.21. The van der Waals surface area contributed by atoms with Gasteiger partial charge in [0.05, 0.1) is 18.1 Å². The first kappa shape index (κ1) is 8.25. The number of nitrogens with zero attached hydrogens (tertiary/aromatic N) is 1. The summed E-state index contributed by atoms with van der Waals surface area (Å²) >= 11 is 0. The summed E-state index contributed by atoms with van der Waals surface area (Å²) in [6, 6.07) is -0.00694. The van der Waals surface area contributed by atoms with Crippen molar-refractivity contribution in [3.05, 3.63) is 17.7 Å². The number of hydrogen-bond donors (Lipinski definition) is 3. The number of fused-ring (bicyclic) bond motifs is 1. The highest BCUT2D eigenvalue weighted by Gasteiger charge is 2.23. The first-order valence-electron chi connectivity index (χ1n) is 4.31. The van der Waals surface area contributed by atoms with E-state index in [-0.39, 0.29) is 11.9 Å². The van der Waals surface area contributed by atoms with Crippen LogP contribution in [0.25, 0.3) is 0 Å². The van der Waals surface area contributed by atoms with E-state index in [2.05, 4.69) is 15.3 Å². The monoisotopic (exact) mass is 180 g/mol. The van der Waals surface area contributed by atoms with Crippen molar-refractivity contribution in [3.63, 3.8) is 0 Å². The maximum atomic E-state index is 10.7. The van der Waals surface area contributed by atoms with E-state index in [0.29, 0.717) is 6.42 Å². The van der Waals surface area contributed by atoms with Crippen molar-refractivity contribution < 1.29 is 4.79 Å². The van der Waals surface area contributed by atoms with E-state index in [9.17, 15) is 4.79 Å². The second-order valence-electron chi connectivity index (χ2n) is 3.19. The molecule has 0 bridgehead atoms. The maximum Gasteiger partial charge on any atom is 0.219 e. The predicted octanol–water partition coefficient (Wildman–Crippen LogP) is -0.528. The van der Waals surface area contributed by atoms with Crippen molar-refractivity contribution in [3.8, 4) is 0 Å². The van der Waals surface area contributed by atoms with Crippen LogP contribution < -0.4 is 11.1 Å². The molecule has 0 spiro atoms. The lowest BCUT2D eigenvalue weighted by Gasteiger charge is -2.21. The number of carbonyl (C=O) groups excluding carboxylic acids is 1. The van der Waals surface area contributed by atoms with Crippen LogP contribution in [-0.2, 0) is 11.2 Å². The van der Waals surface area contributed by atoms with Crippen LogP contribution >= 0.6 is 0 Å². The molecule has 0 aromatic carbocycles. The van der Waals surface area contributed by atoms with E-state index in [1.165, 1.54) is 0 Å².